The van der Waals surface area contributed by atoms with Crippen molar-refractivity contribution < 1.29 is 4.79 Å². The molecule has 1 fully saturated rings. The lowest BCUT2D eigenvalue weighted by molar-refractivity contribution is 0.0746. The molecule has 130 valence electrons. The number of carbonyl (C=O) groups excluding carboxylic acids is 1. The molecule has 0 saturated carbocycles. The number of thiazole rings is 1. The van der Waals surface area contributed by atoms with Gasteiger partial charge in [0.25, 0.3) is 5.91 Å². The van der Waals surface area contributed by atoms with Crippen LogP contribution in [-0.2, 0) is 6.54 Å². The SMILES string of the molecule is Cc1nn(CC(C)C)c(Cl)c1C(=O)N1CCN(c2nccs2)CC1. The van der Waals surface area contributed by atoms with Crippen LogP contribution in [0.2, 0.25) is 5.15 Å². The van der Waals surface area contributed by atoms with E-state index >= 15 is 0 Å². The molecule has 2 aromatic rings. The Morgan fingerprint density at radius 3 is 2.62 bits per heavy atom. The number of anilines is 1. The summed E-state index contributed by atoms with van der Waals surface area (Å²) in [4.78, 5) is 21.3. The number of carbonyl (C=O) groups is 1. The molecule has 1 saturated heterocycles. The highest BCUT2D eigenvalue weighted by Gasteiger charge is 2.28. The summed E-state index contributed by atoms with van der Waals surface area (Å²) in [5.41, 5.74) is 1.24. The van der Waals surface area contributed by atoms with Crippen molar-refractivity contribution in [1.29, 1.82) is 0 Å². The minimum atomic E-state index is -0.0219. The van der Waals surface area contributed by atoms with Crippen LogP contribution >= 0.6 is 22.9 Å². The fourth-order valence-electron chi connectivity index (χ4n) is 2.89. The van der Waals surface area contributed by atoms with Gasteiger partial charge in [-0.05, 0) is 12.8 Å². The Bertz CT molecular complexity index is 704. The van der Waals surface area contributed by atoms with Gasteiger partial charge in [-0.15, -0.1) is 11.3 Å². The van der Waals surface area contributed by atoms with E-state index in [-0.39, 0.29) is 5.91 Å². The minimum absolute atomic E-state index is 0.0219. The van der Waals surface area contributed by atoms with Crippen molar-refractivity contribution >= 4 is 34.0 Å². The van der Waals surface area contributed by atoms with Crippen molar-refractivity contribution in [2.24, 2.45) is 5.92 Å². The molecule has 2 aromatic heterocycles. The Morgan fingerprint density at radius 1 is 1.33 bits per heavy atom. The average molecular weight is 368 g/mol. The number of piperazine rings is 1. The highest BCUT2D eigenvalue weighted by Crippen LogP contribution is 2.24. The first-order chi connectivity index (χ1) is 11.5. The lowest BCUT2D eigenvalue weighted by Gasteiger charge is -2.34. The fraction of sp³-hybridized carbons (Fsp3) is 0.562. The summed E-state index contributed by atoms with van der Waals surface area (Å²) in [5.74, 6) is 0.401. The van der Waals surface area contributed by atoms with E-state index in [0.717, 1.165) is 18.2 Å². The second kappa shape index (κ2) is 7.11. The topological polar surface area (TPSA) is 54.3 Å². The van der Waals surface area contributed by atoms with Gasteiger partial charge in [-0.1, -0.05) is 25.4 Å². The molecular weight excluding hydrogens is 346 g/mol. The average Bonchev–Trinajstić information content (AvgIpc) is 3.16. The number of hydrogen-bond acceptors (Lipinski definition) is 5. The number of halogens is 1. The largest absolute Gasteiger partial charge is 0.345 e. The van der Waals surface area contributed by atoms with Gasteiger partial charge in [0.05, 0.1) is 11.3 Å². The Morgan fingerprint density at radius 2 is 2.04 bits per heavy atom. The van der Waals surface area contributed by atoms with Crippen LogP contribution in [0.5, 0.6) is 0 Å². The molecule has 0 atom stereocenters. The van der Waals surface area contributed by atoms with Crippen LogP contribution in [0.1, 0.15) is 29.9 Å². The summed E-state index contributed by atoms with van der Waals surface area (Å²) in [6.07, 6.45) is 1.81. The number of aromatic nitrogens is 3. The molecule has 3 rings (SSSR count). The predicted molar refractivity (Wildman–Crippen MR) is 97.0 cm³/mol. The van der Waals surface area contributed by atoms with E-state index in [1.54, 1.807) is 16.0 Å². The molecule has 0 spiro atoms. The maximum atomic E-state index is 12.9. The third-order valence-electron chi connectivity index (χ3n) is 4.07. The molecule has 24 heavy (non-hydrogen) atoms. The van der Waals surface area contributed by atoms with Crippen molar-refractivity contribution in [3.05, 3.63) is 28.0 Å². The van der Waals surface area contributed by atoms with Crippen molar-refractivity contribution in [3.63, 3.8) is 0 Å². The number of hydrogen-bond donors (Lipinski definition) is 0. The maximum absolute atomic E-state index is 12.9. The van der Waals surface area contributed by atoms with Crippen LogP contribution in [0.25, 0.3) is 0 Å². The molecule has 1 aliphatic rings. The molecule has 0 aliphatic carbocycles. The Balaban J connectivity index is 1.70. The van der Waals surface area contributed by atoms with Crippen LogP contribution in [0.3, 0.4) is 0 Å². The van der Waals surface area contributed by atoms with Gasteiger partial charge < -0.3 is 9.80 Å². The number of amides is 1. The van der Waals surface area contributed by atoms with E-state index in [0.29, 0.717) is 42.0 Å². The zero-order valence-electron chi connectivity index (χ0n) is 14.2. The lowest BCUT2D eigenvalue weighted by atomic mass is 10.2. The van der Waals surface area contributed by atoms with E-state index in [9.17, 15) is 4.79 Å². The van der Waals surface area contributed by atoms with E-state index in [1.807, 2.05) is 23.4 Å². The highest BCUT2D eigenvalue weighted by molar-refractivity contribution is 7.13. The molecule has 0 aromatic carbocycles. The summed E-state index contributed by atoms with van der Waals surface area (Å²) in [5, 5.41) is 7.88. The van der Waals surface area contributed by atoms with Gasteiger partial charge in [0.1, 0.15) is 5.15 Å². The van der Waals surface area contributed by atoms with Crippen molar-refractivity contribution in [3.8, 4) is 0 Å². The van der Waals surface area contributed by atoms with Gasteiger partial charge in [0, 0.05) is 44.3 Å². The summed E-state index contributed by atoms with van der Waals surface area (Å²) < 4.78 is 1.74. The van der Waals surface area contributed by atoms with Gasteiger partial charge in [-0.25, -0.2) is 4.98 Å². The number of aryl methyl sites for hydroxylation is 1. The quantitative estimate of drug-likeness (QED) is 0.833. The second-order valence-electron chi connectivity index (χ2n) is 6.42. The molecule has 3 heterocycles. The first-order valence-corrected chi connectivity index (χ1v) is 9.39. The molecule has 0 bridgehead atoms. The van der Waals surface area contributed by atoms with E-state index in [4.69, 9.17) is 11.6 Å². The second-order valence-corrected chi connectivity index (χ2v) is 7.65. The van der Waals surface area contributed by atoms with E-state index < -0.39 is 0 Å². The van der Waals surface area contributed by atoms with Crippen LogP contribution in [0.15, 0.2) is 11.6 Å². The molecule has 0 N–H and O–H groups in total. The van der Waals surface area contributed by atoms with Crippen LogP contribution in [0, 0.1) is 12.8 Å². The Hall–Kier alpha value is -1.60. The Labute approximate surface area is 151 Å². The summed E-state index contributed by atoms with van der Waals surface area (Å²) in [6, 6.07) is 0. The van der Waals surface area contributed by atoms with Crippen molar-refractivity contribution in [1.82, 2.24) is 19.7 Å². The standard InChI is InChI=1S/C16H22ClN5OS/c1-11(2)10-22-14(17)13(12(3)19-22)15(23)20-5-7-21(8-6-20)16-18-4-9-24-16/h4,9,11H,5-8,10H2,1-3H3. The zero-order valence-corrected chi connectivity index (χ0v) is 15.8. The van der Waals surface area contributed by atoms with E-state index in [1.165, 1.54) is 0 Å². The van der Waals surface area contributed by atoms with Crippen LogP contribution < -0.4 is 4.90 Å². The fourth-order valence-corrected chi connectivity index (χ4v) is 3.92. The molecular formula is C16H22ClN5OS. The van der Waals surface area contributed by atoms with Gasteiger partial charge in [-0.3, -0.25) is 9.48 Å². The summed E-state index contributed by atoms with van der Waals surface area (Å²) >= 11 is 8.06. The molecule has 0 radical (unpaired) electrons. The molecule has 6 nitrogen and oxygen atoms in total. The Kier molecular flexibility index (Phi) is 5.10. The lowest BCUT2D eigenvalue weighted by Crippen LogP contribution is -2.48. The minimum Gasteiger partial charge on any atom is -0.345 e. The van der Waals surface area contributed by atoms with E-state index in [2.05, 4.69) is 28.8 Å². The maximum Gasteiger partial charge on any atom is 0.259 e. The smallest absolute Gasteiger partial charge is 0.259 e. The van der Waals surface area contributed by atoms with Crippen molar-refractivity contribution in [2.75, 3.05) is 31.1 Å². The van der Waals surface area contributed by atoms with Gasteiger partial charge in [0.15, 0.2) is 5.13 Å². The zero-order chi connectivity index (χ0) is 17.3. The third kappa shape index (κ3) is 3.42. The summed E-state index contributed by atoms with van der Waals surface area (Å²) in [7, 11) is 0. The monoisotopic (exact) mass is 367 g/mol. The molecule has 1 aliphatic heterocycles. The van der Waals surface area contributed by atoms with Crippen LogP contribution in [0.4, 0.5) is 5.13 Å². The van der Waals surface area contributed by atoms with Gasteiger partial charge in [-0.2, -0.15) is 5.10 Å². The normalized spacial score (nSPS) is 15.4. The molecule has 0 unspecified atom stereocenters. The first-order valence-electron chi connectivity index (χ1n) is 8.14. The third-order valence-corrected chi connectivity index (χ3v) is 5.29. The number of rotatable bonds is 4. The number of nitrogens with zero attached hydrogens (tertiary/aromatic N) is 5. The summed E-state index contributed by atoms with van der Waals surface area (Å²) in [6.45, 7) is 9.69. The highest BCUT2D eigenvalue weighted by atomic mass is 35.5. The van der Waals surface area contributed by atoms with Crippen LogP contribution in [-0.4, -0.2) is 51.8 Å². The van der Waals surface area contributed by atoms with Crippen molar-refractivity contribution in [2.45, 2.75) is 27.3 Å². The molecule has 8 heteroatoms. The van der Waals surface area contributed by atoms with Gasteiger partial charge in [0.2, 0.25) is 0 Å². The van der Waals surface area contributed by atoms with Gasteiger partial charge >= 0.3 is 0 Å². The predicted octanol–water partition coefficient (Wildman–Crippen LogP) is 2.92. The molecule has 1 amide bonds. The first kappa shape index (κ1) is 17.2.